The van der Waals surface area contributed by atoms with Crippen LogP contribution >= 0.6 is 0 Å². The Hall–Kier alpha value is -1.53. The minimum absolute atomic E-state index is 0.261. The molecule has 0 aromatic carbocycles. The first-order chi connectivity index (χ1) is 8.78. The molecule has 2 aliphatic rings. The number of hydrogen-bond acceptors (Lipinski definition) is 5. The van der Waals surface area contributed by atoms with Crippen LogP contribution in [0.4, 0.5) is 0 Å². The number of amides is 1. The first kappa shape index (κ1) is 11.6. The van der Waals surface area contributed by atoms with Gasteiger partial charge in [-0.3, -0.25) is 10.0 Å². The number of aryl methyl sites for hydroxylation is 1. The van der Waals surface area contributed by atoms with E-state index in [1.165, 1.54) is 12.4 Å². The van der Waals surface area contributed by atoms with E-state index in [-0.39, 0.29) is 5.56 Å². The van der Waals surface area contributed by atoms with Crippen molar-refractivity contribution in [2.24, 2.45) is 11.8 Å². The van der Waals surface area contributed by atoms with Crippen molar-refractivity contribution in [2.45, 2.75) is 25.4 Å². The van der Waals surface area contributed by atoms with Crippen LogP contribution in [0.5, 0.6) is 0 Å². The fourth-order valence-electron chi connectivity index (χ4n) is 2.62. The molecule has 0 radical (unpaired) electrons. The monoisotopic (exact) mass is 249 g/mol. The number of carbonyl (C=O) groups is 1. The highest BCUT2D eigenvalue weighted by Gasteiger charge is 2.48. The zero-order valence-corrected chi connectivity index (χ0v) is 9.87. The van der Waals surface area contributed by atoms with Gasteiger partial charge in [-0.2, -0.15) is 0 Å². The molecule has 0 spiro atoms. The molecule has 3 unspecified atom stereocenters. The van der Waals surface area contributed by atoms with Gasteiger partial charge in [0.25, 0.3) is 5.91 Å². The van der Waals surface area contributed by atoms with Gasteiger partial charge in [0, 0.05) is 24.7 Å². The second-order valence-electron chi connectivity index (χ2n) is 4.90. The van der Waals surface area contributed by atoms with Gasteiger partial charge >= 0.3 is 0 Å². The van der Waals surface area contributed by atoms with Crippen LogP contribution < -0.4 is 5.48 Å². The average molecular weight is 249 g/mol. The van der Waals surface area contributed by atoms with Gasteiger partial charge in [0.1, 0.15) is 5.82 Å². The lowest BCUT2D eigenvalue weighted by Gasteiger charge is -2.52. The van der Waals surface area contributed by atoms with Crippen molar-refractivity contribution < 1.29 is 14.7 Å². The summed E-state index contributed by atoms with van der Waals surface area (Å²) < 4.78 is 5.37. The number of carbonyl (C=O) groups excluding carboxylic acids is 1. The average Bonchev–Trinajstić information content (AvgIpc) is 2.40. The molecular weight excluding hydrogens is 234 g/mol. The second kappa shape index (κ2) is 4.62. The maximum absolute atomic E-state index is 11.1. The van der Waals surface area contributed by atoms with Gasteiger partial charge in [-0.05, 0) is 18.8 Å². The van der Waals surface area contributed by atoms with Gasteiger partial charge in [0.2, 0.25) is 0 Å². The standard InChI is InChI=1S/C12H15N3O3/c16-12(15-17)8-4-13-11(14-5-8)2-1-7-3-10-9(7)6-18-10/h4-5,7,9-10,17H,1-3,6H2,(H,15,16). The summed E-state index contributed by atoms with van der Waals surface area (Å²) in [5, 5.41) is 8.47. The normalized spacial score (nSPS) is 28.8. The largest absolute Gasteiger partial charge is 0.377 e. The second-order valence-corrected chi connectivity index (χ2v) is 4.90. The summed E-state index contributed by atoms with van der Waals surface area (Å²) in [6.07, 6.45) is 6.46. The van der Waals surface area contributed by atoms with Crippen molar-refractivity contribution in [3.63, 3.8) is 0 Å². The Bertz CT molecular complexity index is 448. The molecule has 1 amide bonds. The zero-order valence-electron chi connectivity index (χ0n) is 9.87. The highest BCUT2D eigenvalue weighted by atomic mass is 16.5. The maximum atomic E-state index is 11.1. The van der Waals surface area contributed by atoms with Gasteiger partial charge in [-0.15, -0.1) is 0 Å². The Morgan fingerprint density at radius 3 is 2.78 bits per heavy atom. The molecule has 6 nitrogen and oxygen atoms in total. The third-order valence-electron chi connectivity index (χ3n) is 3.93. The number of hydroxylamine groups is 1. The summed E-state index contributed by atoms with van der Waals surface area (Å²) in [5.41, 5.74) is 1.82. The molecule has 6 heteroatoms. The number of nitrogens with one attached hydrogen (secondary N) is 1. The number of rotatable bonds is 4. The molecule has 3 rings (SSSR count). The SMILES string of the molecule is O=C(NO)c1cnc(CCC2CC3OCC23)nc1. The van der Waals surface area contributed by atoms with E-state index >= 15 is 0 Å². The summed E-state index contributed by atoms with van der Waals surface area (Å²) in [6.45, 7) is 0.909. The summed E-state index contributed by atoms with van der Waals surface area (Å²) in [7, 11) is 0. The summed E-state index contributed by atoms with van der Waals surface area (Å²) in [5.74, 6) is 1.65. The van der Waals surface area contributed by atoms with E-state index in [2.05, 4.69) is 9.97 Å². The molecular formula is C12H15N3O3. The molecule has 2 N–H and O–H groups in total. The summed E-state index contributed by atoms with van der Waals surface area (Å²) >= 11 is 0. The van der Waals surface area contributed by atoms with Crippen LogP contribution in [0, 0.1) is 11.8 Å². The molecule has 1 saturated carbocycles. The van der Waals surface area contributed by atoms with Crippen molar-refractivity contribution in [1.29, 1.82) is 0 Å². The van der Waals surface area contributed by atoms with E-state index in [9.17, 15) is 4.79 Å². The molecule has 2 fully saturated rings. The lowest BCUT2D eigenvalue weighted by Crippen LogP contribution is -2.54. The van der Waals surface area contributed by atoms with E-state index in [0.717, 1.165) is 43.5 Å². The fraction of sp³-hybridized carbons (Fsp3) is 0.583. The Labute approximate surface area is 104 Å². The van der Waals surface area contributed by atoms with Gasteiger partial charge in [0.15, 0.2) is 0 Å². The zero-order chi connectivity index (χ0) is 12.5. The highest BCUT2D eigenvalue weighted by Crippen LogP contribution is 2.46. The Morgan fingerprint density at radius 2 is 2.28 bits per heavy atom. The smallest absolute Gasteiger partial charge is 0.277 e. The van der Waals surface area contributed by atoms with E-state index < -0.39 is 5.91 Å². The molecule has 1 aromatic rings. The number of hydrogen-bond donors (Lipinski definition) is 2. The summed E-state index contributed by atoms with van der Waals surface area (Å²) in [4.78, 5) is 19.3. The van der Waals surface area contributed by atoms with Crippen LogP contribution in [0.1, 0.15) is 29.0 Å². The highest BCUT2D eigenvalue weighted by molar-refractivity contribution is 5.92. The molecule has 18 heavy (non-hydrogen) atoms. The van der Waals surface area contributed by atoms with Gasteiger partial charge in [-0.25, -0.2) is 15.4 Å². The van der Waals surface area contributed by atoms with Crippen molar-refractivity contribution in [3.05, 3.63) is 23.8 Å². The van der Waals surface area contributed by atoms with E-state index in [4.69, 9.17) is 9.94 Å². The molecule has 1 aliphatic heterocycles. The lowest BCUT2D eigenvalue weighted by atomic mass is 9.66. The van der Waals surface area contributed by atoms with Crippen LogP contribution in [0.25, 0.3) is 0 Å². The minimum Gasteiger partial charge on any atom is -0.377 e. The number of aromatic nitrogens is 2. The predicted molar refractivity (Wildman–Crippen MR) is 60.9 cm³/mol. The van der Waals surface area contributed by atoms with Crippen LogP contribution in [0.15, 0.2) is 12.4 Å². The third-order valence-corrected chi connectivity index (χ3v) is 3.93. The third kappa shape index (κ3) is 1.97. The molecule has 1 saturated heterocycles. The lowest BCUT2D eigenvalue weighted by molar-refractivity contribution is -0.211. The summed E-state index contributed by atoms with van der Waals surface area (Å²) in [6, 6.07) is 0. The molecule has 0 bridgehead atoms. The quantitative estimate of drug-likeness (QED) is 0.601. The fourth-order valence-corrected chi connectivity index (χ4v) is 2.62. The van der Waals surface area contributed by atoms with Crippen molar-refractivity contribution in [2.75, 3.05) is 6.61 Å². The predicted octanol–water partition coefficient (Wildman–Crippen LogP) is 0.563. The van der Waals surface area contributed by atoms with Crippen molar-refractivity contribution in [1.82, 2.24) is 15.4 Å². The van der Waals surface area contributed by atoms with Crippen LogP contribution in [0.3, 0.4) is 0 Å². The first-order valence-electron chi connectivity index (χ1n) is 6.15. The Balaban J connectivity index is 1.52. The van der Waals surface area contributed by atoms with Crippen molar-refractivity contribution in [3.8, 4) is 0 Å². The molecule has 1 aliphatic carbocycles. The van der Waals surface area contributed by atoms with Crippen molar-refractivity contribution >= 4 is 5.91 Å². The van der Waals surface area contributed by atoms with Crippen LogP contribution in [-0.4, -0.2) is 33.8 Å². The molecule has 96 valence electrons. The van der Waals surface area contributed by atoms with Gasteiger partial charge < -0.3 is 4.74 Å². The van der Waals surface area contributed by atoms with Gasteiger partial charge in [-0.1, -0.05) is 0 Å². The molecule has 1 aromatic heterocycles. The topological polar surface area (TPSA) is 84.3 Å². The number of nitrogens with zero attached hydrogens (tertiary/aromatic N) is 2. The van der Waals surface area contributed by atoms with Crippen LogP contribution in [0.2, 0.25) is 0 Å². The molecule has 3 atom stereocenters. The maximum Gasteiger partial charge on any atom is 0.277 e. The van der Waals surface area contributed by atoms with E-state index in [0.29, 0.717) is 6.10 Å². The first-order valence-corrected chi connectivity index (χ1v) is 6.15. The number of ether oxygens (including phenoxy) is 1. The Kier molecular flexibility index (Phi) is 2.97. The minimum atomic E-state index is -0.588. The van der Waals surface area contributed by atoms with E-state index in [1.807, 2.05) is 0 Å². The number of fused-ring (bicyclic) bond motifs is 1. The molecule has 2 heterocycles. The van der Waals surface area contributed by atoms with E-state index in [1.54, 1.807) is 5.48 Å². The van der Waals surface area contributed by atoms with Crippen LogP contribution in [-0.2, 0) is 11.2 Å². The van der Waals surface area contributed by atoms with Gasteiger partial charge in [0.05, 0.1) is 18.3 Å². The Morgan fingerprint density at radius 1 is 1.50 bits per heavy atom.